The Morgan fingerprint density at radius 2 is 1.38 bits per heavy atom. The standard InChI is InChI=1S/C37H55N9O10/c1-4-21(2)31(37(55)56)44-34(52)27-13-9-17-46(27)36(54)25(18-23-10-6-5-7-11-23)43-33(51)26-12-8-16-45(26)35(53)24(14-15-28(39)47)42-30(49)20-40-32(50)22(3)41-29(48)19-38/h5-7,10-11,21-22,24-27,31H,4,8-9,12-20,38H2,1-3H3,(H2,39,47)(H,40,50)(H,41,48)(H,42,49)(H,43,51)(H,44,52)(H,55,56)/t21-,22-,24-,25-,26-,27-,31-/m0/s1. The van der Waals surface area contributed by atoms with Crippen molar-refractivity contribution in [3.05, 3.63) is 35.9 Å². The minimum absolute atomic E-state index is 0.0546. The van der Waals surface area contributed by atoms with Gasteiger partial charge in [-0.25, -0.2) is 4.79 Å². The average molecular weight is 786 g/mol. The van der Waals surface area contributed by atoms with Crippen LogP contribution < -0.4 is 38.1 Å². The molecule has 10 N–H and O–H groups in total. The molecule has 0 saturated carbocycles. The van der Waals surface area contributed by atoms with E-state index in [0.29, 0.717) is 31.2 Å². The first-order chi connectivity index (χ1) is 26.6. The summed E-state index contributed by atoms with van der Waals surface area (Å²) in [5.41, 5.74) is 11.3. The quantitative estimate of drug-likeness (QED) is 0.0692. The van der Waals surface area contributed by atoms with Gasteiger partial charge in [-0.15, -0.1) is 0 Å². The first kappa shape index (κ1) is 44.8. The van der Waals surface area contributed by atoms with E-state index in [9.17, 15) is 48.3 Å². The third-order valence-electron chi connectivity index (χ3n) is 10.0. The van der Waals surface area contributed by atoms with Gasteiger partial charge in [0.2, 0.25) is 47.3 Å². The average Bonchev–Trinajstić information content (AvgIpc) is 3.88. The molecule has 1 aromatic carbocycles. The van der Waals surface area contributed by atoms with Gasteiger partial charge in [-0.1, -0.05) is 50.6 Å². The molecule has 2 fully saturated rings. The molecule has 2 aliphatic heterocycles. The lowest BCUT2D eigenvalue weighted by Crippen LogP contribution is -2.59. The Bertz CT molecular complexity index is 1610. The third kappa shape index (κ3) is 12.7. The van der Waals surface area contributed by atoms with Crippen LogP contribution in [-0.2, 0) is 49.6 Å². The van der Waals surface area contributed by atoms with E-state index in [-0.39, 0.29) is 51.2 Å². The van der Waals surface area contributed by atoms with Crippen LogP contribution in [0.5, 0.6) is 0 Å². The molecule has 1 aromatic rings. The van der Waals surface area contributed by atoms with Crippen molar-refractivity contribution in [3.63, 3.8) is 0 Å². The van der Waals surface area contributed by atoms with E-state index in [0.717, 1.165) is 0 Å². The predicted molar refractivity (Wildman–Crippen MR) is 201 cm³/mol. The Hall–Kier alpha value is -5.59. The van der Waals surface area contributed by atoms with Crippen molar-refractivity contribution in [2.24, 2.45) is 17.4 Å². The van der Waals surface area contributed by atoms with Crippen molar-refractivity contribution >= 4 is 53.2 Å². The Morgan fingerprint density at radius 1 is 0.804 bits per heavy atom. The molecule has 0 bridgehead atoms. The zero-order valence-electron chi connectivity index (χ0n) is 32.1. The Labute approximate surface area is 325 Å². The normalized spacial score (nSPS) is 19.1. The number of primary amides is 1. The molecule has 0 aliphatic carbocycles. The number of benzene rings is 1. The highest BCUT2D eigenvalue weighted by Gasteiger charge is 2.42. The zero-order chi connectivity index (χ0) is 41.5. The molecular formula is C37H55N9O10. The maximum atomic E-state index is 14.2. The number of carboxylic acids is 1. The Morgan fingerprint density at radius 3 is 1.91 bits per heavy atom. The van der Waals surface area contributed by atoms with Gasteiger partial charge in [0, 0.05) is 25.9 Å². The number of aliphatic carboxylic acids is 1. The van der Waals surface area contributed by atoms with E-state index in [2.05, 4.69) is 26.6 Å². The summed E-state index contributed by atoms with van der Waals surface area (Å²) in [4.78, 5) is 119. The largest absolute Gasteiger partial charge is 0.480 e. The van der Waals surface area contributed by atoms with Gasteiger partial charge in [0.25, 0.3) is 0 Å². The van der Waals surface area contributed by atoms with Gasteiger partial charge >= 0.3 is 5.97 Å². The van der Waals surface area contributed by atoms with Crippen LogP contribution in [0.3, 0.4) is 0 Å². The van der Waals surface area contributed by atoms with Crippen LogP contribution >= 0.6 is 0 Å². The molecule has 0 radical (unpaired) electrons. The second-order valence-corrected chi connectivity index (χ2v) is 14.2. The number of nitrogens with one attached hydrogen (secondary N) is 5. The number of hydrogen-bond donors (Lipinski definition) is 8. The van der Waals surface area contributed by atoms with E-state index >= 15 is 0 Å². The first-order valence-electron chi connectivity index (χ1n) is 18.9. The van der Waals surface area contributed by atoms with Gasteiger partial charge in [0.15, 0.2) is 0 Å². The van der Waals surface area contributed by atoms with E-state index in [1.54, 1.807) is 37.3 Å². The van der Waals surface area contributed by atoms with Crippen LogP contribution in [-0.4, -0.2) is 131 Å². The first-order valence-corrected chi connectivity index (χ1v) is 18.9. The number of carboxylic acid groups (broad SMARTS) is 1. The molecule has 56 heavy (non-hydrogen) atoms. The summed E-state index contributed by atoms with van der Waals surface area (Å²) < 4.78 is 0. The minimum Gasteiger partial charge on any atom is -0.480 e. The Balaban J connectivity index is 1.78. The topological polar surface area (TPSA) is 293 Å². The predicted octanol–water partition coefficient (Wildman–Crippen LogP) is -2.36. The Kier molecular flexibility index (Phi) is 17.2. The highest BCUT2D eigenvalue weighted by molar-refractivity contribution is 5.97. The summed E-state index contributed by atoms with van der Waals surface area (Å²) in [6.45, 7) is 4.33. The summed E-state index contributed by atoms with van der Waals surface area (Å²) in [6, 6.07) is 2.27. The number of nitrogens with two attached hydrogens (primary N) is 2. The van der Waals surface area contributed by atoms with Crippen LogP contribution in [0.1, 0.15) is 71.3 Å². The highest BCUT2D eigenvalue weighted by atomic mass is 16.4. The number of carbonyl (C=O) groups excluding carboxylic acids is 8. The van der Waals surface area contributed by atoms with Gasteiger partial charge in [0.05, 0.1) is 13.1 Å². The molecule has 2 saturated heterocycles. The molecular weight excluding hydrogens is 730 g/mol. The van der Waals surface area contributed by atoms with Crippen LogP contribution in [0, 0.1) is 5.92 Å². The van der Waals surface area contributed by atoms with Crippen molar-refractivity contribution in [2.75, 3.05) is 26.2 Å². The second-order valence-electron chi connectivity index (χ2n) is 14.2. The lowest BCUT2D eigenvalue weighted by atomic mass is 9.98. The highest BCUT2D eigenvalue weighted by Crippen LogP contribution is 2.23. The molecule has 19 heteroatoms. The number of likely N-dealkylation sites (tertiary alicyclic amines) is 2. The number of rotatable bonds is 20. The van der Waals surface area contributed by atoms with Crippen molar-refractivity contribution in [2.45, 2.75) is 108 Å². The van der Waals surface area contributed by atoms with Gasteiger partial charge in [-0.05, 0) is 50.5 Å². The van der Waals surface area contributed by atoms with Crippen molar-refractivity contribution in [1.29, 1.82) is 0 Å². The molecule has 19 nitrogen and oxygen atoms in total. The van der Waals surface area contributed by atoms with Gasteiger partial charge in [0.1, 0.15) is 36.3 Å². The molecule has 3 rings (SSSR count). The van der Waals surface area contributed by atoms with E-state index in [1.165, 1.54) is 16.7 Å². The molecule has 0 unspecified atom stereocenters. The molecule has 2 heterocycles. The summed E-state index contributed by atoms with van der Waals surface area (Å²) in [7, 11) is 0. The lowest BCUT2D eigenvalue weighted by Gasteiger charge is -2.32. The fraction of sp³-hybridized carbons (Fsp3) is 0.595. The monoisotopic (exact) mass is 785 g/mol. The maximum absolute atomic E-state index is 14.2. The molecule has 0 aromatic heterocycles. The molecule has 0 spiro atoms. The van der Waals surface area contributed by atoms with E-state index in [4.69, 9.17) is 11.5 Å². The van der Waals surface area contributed by atoms with E-state index in [1.807, 2.05) is 6.92 Å². The number of nitrogens with zero attached hydrogens (tertiary/aromatic N) is 2. The fourth-order valence-electron chi connectivity index (χ4n) is 6.73. The van der Waals surface area contributed by atoms with Crippen LogP contribution in [0.2, 0.25) is 0 Å². The molecule has 8 amide bonds. The SMILES string of the molecule is CC[C@H](C)[C@H](NC(=O)[C@@H]1CCCN1C(=O)[C@H](Cc1ccccc1)NC(=O)[C@@H]1CCCN1C(=O)[C@H](CCC(N)=O)NC(=O)CNC(=O)[C@H](C)NC(=O)CN)C(=O)O. The van der Waals surface area contributed by atoms with Crippen LogP contribution in [0.25, 0.3) is 0 Å². The van der Waals surface area contributed by atoms with Crippen LogP contribution in [0.15, 0.2) is 30.3 Å². The van der Waals surface area contributed by atoms with Gasteiger partial charge in [-0.2, -0.15) is 0 Å². The van der Waals surface area contributed by atoms with Crippen LogP contribution in [0.4, 0.5) is 0 Å². The third-order valence-corrected chi connectivity index (χ3v) is 10.0. The van der Waals surface area contributed by atoms with E-state index < -0.39 is 96.0 Å². The molecule has 308 valence electrons. The van der Waals surface area contributed by atoms with Gasteiger partial charge < -0.3 is 53.0 Å². The summed E-state index contributed by atoms with van der Waals surface area (Å²) in [6.07, 6.45) is 1.50. The lowest BCUT2D eigenvalue weighted by molar-refractivity contribution is -0.146. The van der Waals surface area contributed by atoms with Crippen molar-refractivity contribution in [3.8, 4) is 0 Å². The van der Waals surface area contributed by atoms with Crippen molar-refractivity contribution < 1.29 is 48.3 Å². The number of carbonyl (C=O) groups is 9. The summed E-state index contributed by atoms with van der Waals surface area (Å²) in [5.74, 6) is -6.79. The summed E-state index contributed by atoms with van der Waals surface area (Å²) >= 11 is 0. The fourth-order valence-corrected chi connectivity index (χ4v) is 6.73. The number of amides is 8. The molecule has 7 atom stereocenters. The second kappa shape index (κ2) is 21.5. The van der Waals surface area contributed by atoms with Crippen molar-refractivity contribution in [1.82, 2.24) is 36.4 Å². The number of hydrogen-bond acceptors (Lipinski definition) is 10. The summed E-state index contributed by atoms with van der Waals surface area (Å²) in [5, 5.41) is 22.3. The zero-order valence-corrected chi connectivity index (χ0v) is 32.1. The smallest absolute Gasteiger partial charge is 0.326 e. The minimum atomic E-state index is -1.30. The maximum Gasteiger partial charge on any atom is 0.326 e. The van der Waals surface area contributed by atoms with Gasteiger partial charge in [-0.3, -0.25) is 38.4 Å². The molecule has 2 aliphatic rings.